The monoisotopic (exact) mass is 445 g/mol. The summed E-state index contributed by atoms with van der Waals surface area (Å²) in [5.74, 6) is 0.830. The molecule has 0 aliphatic rings. The quantitative estimate of drug-likeness (QED) is 0.199. The van der Waals surface area contributed by atoms with E-state index in [1.165, 1.54) is 0 Å². The number of thioether (sulfide) groups is 1. The Hall–Kier alpha value is -3.04. The van der Waals surface area contributed by atoms with Crippen molar-refractivity contribution in [1.29, 1.82) is 0 Å². The molecule has 0 unspecified atom stereocenters. The van der Waals surface area contributed by atoms with Gasteiger partial charge in [0.05, 0.1) is 19.4 Å². The number of halogens is 1. The number of aromatic nitrogens is 3. The van der Waals surface area contributed by atoms with Crippen LogP contribution in [0.25, 0.3) is 11.4 Å². The van der Waals surface area contributed by atoms with Gasteiger partial charge in [0.25, 0.3) is 0 Å². The molecule has 3 aromatic rings. The topological polar surface area (TPSA) is 90.6 Å². The lowest BCUT2D eigenvalue weighted by atomic mass is 10.2. The molecule has 0 aliphatic carbocycles. The highest BCUT2D eigenvalue weighted by molar-refractivity contribution is 8.15. The molecule has 1 heterocycles. The molecule has 0 spiro atoms. The number of esters is 1. The maximum atomic E-state index is 12.4. The third kappa shape index (κ3) is 5.31. The van der Waals surface area contributed by atoms with E-state index in [2.05, 4.69) is 20.7 Å². The maximum Gasteiger partial charge on any atom is 0.365 e. The van der Waals surface area contributed by atoms with E-state index in [-0.39, 0.29) is 11.7 Å². The highest BCUT2D eigenvalue weighted by atomic mass is 35.5. The van der Waals surface area contributed by atoms with Gasteiger partial charge in [-0.15, -0.1) is 10.2 Å². The number of carbonyl (C=O) groups is 1. The Morgan fingerprint density at radius 2 is 2.00 bits per heavy atom. The fraction of sp³-hybridized carbons (Fsp3) is 0.200. The van der Waals surface area contributed by atoms with Gasteiger partial charge in [-0.3, -0.25) is 5.43 Å². The van der Waals surface area contributed by atoms with E-state index in [4.69, 9.17) is 21.1 Å². The molecule has 0 amide bonds. The van der Waals surface area contributed by atoms with Crippen LogP contribution in [-0.4, -0.2) is 39.5 Å². The normalized spacial score (nSPS) is 11.3. The molecule has 156 valence electrons. The van der Waals surface area contributed by atoms with Crippen molar-refractivity contribution in [1.82, 2.24) is 14.8 Å². The molecule has 0 saturated heterocycles. The first-order valence-corrected chi connectivity index (χ1v) is 10.2. The summed E-state index contributed by atoms with van der Waals surface area (Å²) in [6.45, 7) is 1.96. The SMILES string of the molecule is CCOC(=O)C(=NNc1cccc(Cl)c1)Sc1nnc(-c2ccc(OC)cc2)n1C. The summed E-state index contributed by atoms with van der Waals surface area (Å²) in [5, 5.41) is 13.8. The lowest BCUT2D eigenvalue weighted by Crippen LogP contribution is -2.16. The number of hydrogen-bond donors (Lipinski definition) is 1. The second-order valence-electron chi connectivity index (χ2n) is 5.96. The Bertz CT molecular complexity index is 1050. The fourth-order valence-electron chi connectivity index (χ4n) is 2.46. The van der Waals surface area contributed by atoms with Crippen LogP contribution in [0.2, 0.25) is 5.02 Å². The Kier molecular flexibility index (Phi) is 7.31. The highest BCUT2D eigenvalue weighted by Gasteiger charge is 2.20. The molecule has 30 heavy (non-hydrogen) atoms. The number of nitrogens with one attached hydrogen (secondary N) is 1. The van der Waals surface area contributed by atoms with Crippen molar-refractivity contribution in [2.45, 2.75) is 12.1 Å². The van der Waals surface area contributed by atoms with E-state index >= 15 is 0 Å². The molecule has 0 saturated carbocycles. The number of rotatable bonds is 6. The first kappa shape index (κ1) is 21.7. The van der Waals surface area contributed by atoms with Gasteiger partial charge in [-0.05, 0) is 61.2 Å². The molecular weight excluding hydrogens is 426 g/mol. The lowest BCUT2D eigenvalue weighted by molar-refractivity contribution is -0.134. The smallest absolute Gasteiger partial charge is 0.365 e. The van der Waals surface area contributed by atoms with Crippen LogP contribution in [0.4, 0.5) is 5.69 Å². The highest BCUT2D eigenvalue weighted by Crippen LogP contribution is 2.26. The molecule has 8 nitrogen and oxygen atoms in total. The molecule has 10 heteroatoms. The van der Waals surface area contributed by atoms with Crippen molar-refractivity contribution >= 4 is 40.1 Å². The zero-order chi connectivity index (χ0) is 21.5. The first-order valence-electron chi connectivity index (χ1n) is 9.00. The summed E-state index contributed by atoms with van der Waals surface area (Å²) in [5.41, 5.74) is 4.33. The van der Waals surface area contributed by atoms with E-state index in [9.17, 15) is 4.79 Å². The zero-order valence-corrected chi connectivity index (χ0v) is 18.2. The van der Waals surface area contributed by atoms with Crippen LogP contribution in [0.1, 0.15) is 6.92 Å². The minimum absolute atomic E-state index is 0.0913. The van der Waals surface area contributed by atoms with Gasteiger partial charge in [-0.1, -0.05) is 17.7 Å². The van der Waals surface area contributed by atoms with Crippen molar-refractivity contribution in [3.63, 3.8) is 0 Å². The van der Waals surface area contributed by atoms with Crippen LogP contribution in [0, 0.1) is 0 Å². The first-order chi connectivity index (χ1) is 14.5. The fourth-order valence-corrected chi connectivity index (χ4v) is 3.36. The molecule has 0 fully saturated rings. The van der Waals surface area contributed by atoms with Gasteiger partial charge in [0, 0.05) is 17.6 Å². The van der Waals surface area contributed by atoms with Gasteiger partial charge >= 0.3 is 5.97 Å². The van der Waals surface area contributed by atoms with E-state index in [0.717, 1.165) is 23.1 Å². The maximum absolute atomic E-state index is 12.4. The number of benzene rings is 2. The summed E-state index contributed by atoms with van der Waals surface area (Å²) in [6, 6.07) is 14.5. The van der Waals surface area contributed by atoms with Crippen molar-refractivity contribution in [3.05, 3.63) is 53.6 Å². The van der Waals surface area contributed by atoms with E-state index < -0.39 is 5.97 Å². The summed E-state index contributed by atoms with van der Waals surface area (Å²) in [6.07, 6.45) is 0. The Morgan fingerprint density at radius 1 is 1.23 bits per heavy atom. The summed E-state index contributed by atoms with van der Waals surface area (Å²) in [4.78, 5) is 12.4. The standard InChI is InChI=1S/C20H20ClN5O3S/c1-4-29-19(27)18(24-22-15-7-5-6-14(21)12-15)30-20-25-23-17(26(20)2)13-8-10-16(28-3)11-9-13/h5-12,22H,4H2,1-3H3. The second-order valence-corrected chi connectivity index (χ2v) is 7.35. The minimum atomic E-state index is -0.564. The van der Waals surface area contributed by atoms with Gasteiger partial charge in [0.15, 0.2) is 11.0 Å². The molecule has 2 aromatic carbocycles. The van der Waals surface area contributed by atoms with Crippen LogP contribution >= 0.6 is 23.4 Å². The van der Waals surface area contributed by atoms with Gasteiger partial charge in [-0.2, -0.15) is 5.10 Å². The number of hydrogen-bond acceptors (Lipinski definition) is 8. The summed E-state index contributed by atoms with van der Waals surface area (Å²) in [7, 11) is 3.43. The number of hydrazone groups is 1. The minimum Gasteiger partial charge on any atom is -0.497 e. The molecule has 1 N–H and O–H groups in total. The number of nitrogens with zero attached hydrogens (tertiary/aromatic N) is 4. The van der Waals surface area contributed by atoms with Crippen molar-refractivity contribution in [2.24, 2.45) is 12.1 Å². The third-order valence-electron chi connectivity index (χ3n) is 3.93. The van der Waals surface area contributed by atoms with Gasteiger partial charge in [0.2, 0.25) is 5.04 Å². The van der Waals surface area contributed by atoms with E-state index in [1.807, 2.05) is 31.3 Å². The van der Waals surface area contributed by atoms with Crippen molar-refractivity contribution in [3.8, 4) is 17.1 Å². The number of ether oxygens (including phenoxy) is 2. The third-order valence-corrected chi connectivity index (χ3v) is 5.16. The van der Waals surface area contributed by atoms with Crippen LogP contribution in [0.5, 0.6) is 5.75 Å². The van der Waals surface area contributed by atoms with Crippen molar-refractivity contribution in [2.75, 3.05) is 19.1 Å². The van der Waals surface area contributed by atoms with Crippen molar-refractivity contribution < 1.29 is 14.3 Å². The molecule has 3 rings (SSSR count). The molecule has 0 radical (unpaired) electrons. The molecule has 1 aromatic heterocycles. The van der Waals surface area contributed by atoms with Gasteiger partial charge < -0.3 is 14.0 Å². The summed E-state index contributed by atoms with van der Waals surface area (Å²) < 4.78 is 12.1. The van der Waals surface area contributed by atoms with Crippen LogP contribution in [-0.2, 0) is 16.6 Å². The van der Waals surface area contributed by atoms with Crippen LogP contribution in [0.15, 0.2) is 58.8 Å². The average molecular weight is 446 g/mol. The molecule has 0 atom stereocenters. The van der Waals surface area contributed by atoms with E-state index in [0.29, 0.717) is 21.7 Å². The van der Waals surface area contributed by atoms with Gasteiger partial charge in [0.1, 0.15) is 5.75 Å². The number of carbonyl (C=O) groups excluding carboxylic acids is 1. The Balaban J connectivity index is 1.84. The number of methoxy groups -OCH3 is 1. The predicted molar refractivity (Wildman–Crippen MR) is 118 cm³/mol. The summed E-state index contributed by atoms with van der Waals surface area (Å²) >= 11 is 7.04. The second kappa shape index (κ2) is 10.1. The molecule has 0 bridgehead atoms. The predicted octanol–water partition coefficient (Wildman–Crippen LogP) is 4.22. The molecule has 0 aliphatic heterocycles. The Morgan fingerprint density at radius 3 is 2.67 bits per heavy atom. The number of anilines is 1. The largest absolute Gasteiger partial charge is 0.497 e. The van der Waals surface area contributed by atoms with E-state index in [1.54, 1.807) is 42.9 Å². The Labute approximate surface area is 183 Å². The van der Waals surface area contributed by atoms with Gasteiger partial charge in [-0.25, -0.2) is 4.79 Å². The molecular formula is C20H20ClN5O3S. The average Bonchev–Trinajstić information content (AvgIpc) is 3.11. The van der Waals surface area contributed by atoms with Crippen LogP contribution in [0.3, 0.4) is 0 Å². The zero-order valence-electron chi connectivity index (χ0n) is 16.6. The lowest BCUT2D eigenvalue weighted by Gasteiger charge is -2.08. The van der Waals surface area contributed by atoms with Crippen LogP contribution < -0.4 is 10.2 Å².